The van der Waals surface area contributed by atoms with Crippen LogP contribution in [0.1, 0.15) is 28.9 Å². The number of benzene rings is 1. The van der Waals surface area contributed by atoms with Crippen molar-refractivity contribution in [3.8, 4) is 10.6 Å². The maximum Gasteiger partial charge on any atom is 0.337 e. The van der Waals surface area contributed by atoms with Crippen molar-refractivity contribution in [2.45, 2.75) is 24.4 Å². The quantitative estimate of drug-likeness (QED) is 0.588. The van der Waals surface area contributed by atoms with E-state index in [9.17, 15) is 18.0 Å². The Morgan fingerprint density at radius 1 is 1.27 bits per heavy atom. The number of anilines is 1. The molecule has 0 bridgehead atoms. The lowest BCUT2D eigenvalue weighted by Gasteiger charge is -2.43. The fourth-order valence-electron chi connectivity index (χ4n) is 3.57. The van der Waals surface area contributed by atoms with Gasteiger partial charge in [-0.05, 0) is 43.2 Å². The summed E-state index contributed by atoms with van der Waals surface area (Å²) in [5.41, 5.74) is -0.270. The number of aromatic nitrogens is 3. The minimum absolute atomic E-state index is 0.112. The Morgan fingerprint density at radius 2 is 2.07 bits per heavy atom. The van der Waals surface area contributed by atoms with Crippen molar-refractivity contribution in [1.82, 2.24) is 15.2 Å². The minimum Gasteiger partial charge on any atom is -0.465 e. The van der Waals surface area contributed by atoms with Gasteiger partial charge in [-0.2, -0.15) is 0 Å². The number of pyridine rings is 1. The van der Waals surface area contributed by atoms with E-state index in [0.717, 1.165) is 17.4 Å². The number of ether oxygens (including phenoxy) is 1. The number of hydrogen-bond donors (Lipinski definition) is 1. The Balaban J connectivity index is 1.54. The summed E-state index contributed by atoms with van der Waals surface area (Å²) in [5, 5.41) is 11.6. The highest BCUT2D eigenvalue weighted by Gasteiger charge is 2.48. The van der Waals surface area contributed by atoms with Gasteiger partial charge in [0.2, 0.25) is 5.13 Å². The highest BCUT2D eigenvalue weighted by molar-refractivity contribution is 7.18. The topological polar surface area (TPSA) is 77.0 Å². The second-order valence-corrected chi connectivity index (χ2v) is 8.05. The maximum absolute atomic E-state index is 14.3. The van der Waals surface area contributed by atoms with Gasteiger partial charge in [0.15, 0.2) is 5.01 Å². The van der Waals surface area contributed by atoms with E-state index in [1.165, 1.54) is 37.6 Å². The number of carbonyl (C=O) groups excluding carboxylic acids is 1. The first-order valence-corrected chi connectivity index (χ1v) is 9.94. The van der Waals surface area contributed by atoms with Gasteiger partial charge in [-0.25, -0.2) is 18.0 Å². The number of esters is 1. The monoisotopic (exact) mass is 434 g/mol. The first-order valence-electron chi connectivity index (χ1n) is 9.12. The minimum atomic E-state index is -1.02. The van der Waals surface area contributed by atoms with E-state index in [4.69, 9.17) is 0 Å². The van der Waals surface area contributed by atoms with Crippen molar-refractivity contribution < 1.29 is 22.7 Å². The normalized spacial score (nSPS) is 20.5. The second-order valence-electron chi connectivity index (χ2n) is 7.07. The molecule has 3 aromatic rings. The van der Waals surface area contributed by atoms with Crippen LogP contribution in [0.5, 0.6) is 0 Å². The Kier molecular flexibility index (Phi) is 5.42. The molecule has 6 nitrogen and oxygen atoms in total. The lowest BCUT2D eigenvalue weighted by Crippen LogP contribution is -2.48. The van der Waals surface area contributed by atoms with Gasteiger partial charge in [-0.15, -0.1) is 10.2 Å². The number of methoxy groups -OCH3 is 1. The van der Waals surface area contributed by atoms with Crippen molar-refractivity contribution in [3.05, 3.63) is 59.4 Å². The number of halogens is 3. The summed E-state index contributed by atoms with van der Waals surface area (Å²) in [7, 11) is 1.24. The molecule has 30 heavy (non-hydrogen) atoms. The van der Waals surface area contributed by atoms with Crippen LogP contribution in [-0.2, 0) is 10.2 Å². The molecule has 2 aromatic heterocycles. The summed E-state index contributed by atoms with van der Waals surface area (Å²) in [6.07, 6.45) is 0.754. The molecule has 1 saturated carbocycles. The number of alkyl halides is 1. The molecule has 0 radical (unpaired) electrons. The van der Waals surface area contributed by atoms with Gasteiger partial charge in [0.25, 0.3) is 0 Å². The average Bonchev–Trinajstić information content (AvgIpc) is 3.19. The third-order valence-corrected chi connectivity index (χ3v) is 6.02. The van der Waals surface area contributed by atoms with Crippen molar-refractivity contribution in [2.75, 3.05) is 19.0 Å². The first kappa shape index (κ1) is 20.3. The molecule has 10 heteroatoms. The fourth-order valence-corrected chi connectivity index (χ4v) is 4.32. The van der Waals surface area contributed by atoms with E-state index >= 15 is 0 Å². The van der Waals surface area contributed by atoms with Crippen LogP contribution < -0.4 is 5.32 Å². The van der Waals surface area contributed by atoms with Crippen LogP contribution in [0.25, 0.3) is 10.6 Å². The molecule has 0 spiro atoms. The van der Waals surface area contributed by atoms with Gasteiger partial charge >= 0.3 is 5.97 Å². The number of carbonyl (C=O) groups is 1. The third kappa shape index (κ3) is 3.74. The van der Waals surface area contributed by atoms with Gasteiger partial charge in [-0.1, -0.05) is 11.3 Å². The molecule has 0 amide bonds. The summed E-state index contributed by atoms with van der Waals surface area (Å²) in [4.78, 5) is 15.8. The lowest BCUT2D eigenvalue weighted by molar-refractivity contribution is 0.0600. The molecular formula is C20H17F3N4O2S. The molecule has 1 N–H and O–H groups in total. The molecule has 0 saturated heterocycles. The molecular weight excluding hydrogens is 417 g/mol. The van der Waals surface area contributed by atoms with E-state index in [-0.39, 0.29) is 41.2 Å². The summed E-state index contributed by atoms with van der Waals surface area (Å²) in [5.74, 6) is -1.63. The molecule has 1 aliphatic carbocycles. The predicted octanol–water partition coefficient (Wildman–Crippen LogP) is 4.15. The van der Waals surface area contributed by atoms with Crippen LogP contribution in [0, 0.1) is 11.6 Å². The molecule has 4 rings (SSSR count). The Hall–Kier alpha value is -3.01. The third-order valence-electron chi connectivity index (χ3n) is 5.11. The zero-order valence-electron chi connectivity index (χ0n) is 15.9. The molecule has 1 fully saturated rings. The summed E-state index contributed by atoms with van der Waals surface area (Å²) in [6.45, 7) is 0.209. The van der Waals surface area contributed by atoms with Crippen LogP contribution in [0.4, 0.5) is 18.3 Å². The van der Waals surface area contributed by atoms with Crippen molar-refractivity contribution >= 4 is 22.4 Å². The Morgan fingerprint density at radius 3 is 2.77 bits per heavy atom. The van der Waals surface area contributed by atoms with Crippen LogP contribution in [0.2, 0.25) is 0 Å². The highest BCUT2D eigenvalue weighted by atomic mass is 32.1. The maximum atomic E-state index is 14.3. The van der Waals surface area contributed by atoms with E-state index in [1.807, 2.05) is 0 Å². The largest absolute Gasteiger partial charge is 0.465 e. The smallest absolute Gasteiger partial charge is 0.337 e. The van der Waals surface area contributed by atoms with Gasteiger partial charge in [0, 0.05) is 23.7 Å². The molecule has 2 heterocycles. The van der Waals surface area contributed by atoms with Crippen LogP contribution in [-0.4, -0.2) is 41.0 Å². The number of nitrogens with zero attached hydrogens (tertiary/aromatic N) is 3. The zero-order chi connectivity index (χ0) is 21.3. The molecule has 156 valence electrons. The highest BCUT2D eigenvalue weighted by Crippen LogP contribution is 2.45. The molecule has 1 aliphatic rings. The van der Waals surface area contributed by atoms with Crippen LogP contribution in [0.3, 0.4) is 0 Å². The average molecular weight is 434 g/mol. The standard InChI is InChI=1S/C20H17F3N4O2S/c1-29-18(28)11-4-5-14(22)13(7-11)17-26-27-19(30-17)25-10-20(8-12(21)9-20)16-15(23)3-2-6-24-16/h2-7,12H,8-10H2,1H3,(H,25,27)/t12-,20-. The van der Waals surface area contributed by atoms with Crippen LogP contribution in [0.15, 0.2) is 36.5 Å². The van der Waals surface area contributed by atoms with E-state index < -0.39 is 29.2 Å². The summed E-state index contributed by atoms with van der Waals surface area (Å²) in [6, 6.07) is 6.61. The predicted molar refractivity (Wildman–Crippen MR) is 105 cm³/mol. The number of hydrogen-bond acceptors (Lipinski definition) is 7. The van der Waals surface area contributed by atoms with E-state index in [2.05, 4.69) is 25.2 Å². The van der Waals surface area contributed by atoms with Gasteiger partial charge in [-0.3, -0.25) is 4.98 Å². The summed E-state index contributed by atoms with van der Waals surface area (Å²) < 4.78 is 46.8. The lowest BCUT2D eigenvalue weighted by atomic mass is 9.65. The summed E-state index contributed by atoms with van der Waals surface area (Å²) >= 11 is 1.07. The fraction of sp³-hybridized carbons (Fsp3) is 0.300. The Labute approximate surface area is 174 Å². The van der Waals surface area contributed by atoms with E-state index in [1.54, 1.807) is 0 Å². The Bertz CT molecular complexity index is 1090. The zero-order valence-corrected chi connectivity index (χ0v) is 16.7. The van der Waals surface area contributed by atoms with Crippen molar-refractivity contribution in [3.63, 3.8) is 0 Å². The molecule has 1 aromatic carbocycles. The van der Waals surface area contributed by atoms with Gasteiger partial charge in [0.05, 0.1) is 18.4 Å². The molecule has 0 aliphatic heterocycles. The SMILES string of the molecule is COC(=O)c1ccc(F)c(-c2nnc(NC[C@]3(c4ncccc4F)C[C@H](F)C3)s2)c1. The van der Waals surface area contributed by atoms with Gasteiger partial charge < -0.3 is 10.1 Å². The first-order chi connectivity index (χ1) is 14.4. The van der Waals surface area contributed by atoms with Crippen molar-refractivity contribution in [1.29, 1.82) is 0 Å². The van der Waals surface area contributed by atoms with Crippen LogP contribution >= 0.6 is 11.3 Å². The molecule has 0 unspecified atom stereocenters. The number of rotatable bonds is 6. The van der Waals surface area contributed by atoms with Gasteiger partial charge in [0.1, 0.15) is 17.8 Å². The molecule has 0 atom stereocenters. The van der Waals surface area contributed by atoms with E-state index in [0.29, 0.717) is 5.13 Å². The number of nitrogens with one attached hydrogen (secondary N) is 1. The second kappa shape index (κ2) is 8.02. The van der Waals surface area contributed by atoms with Crippen molar-refractivity contribution in [2.24, 2.45) is 0 Å².